The molecular weight excluding hydrogens is 186 g/mol. The van der Waals surface area contributed by atoms with Crippen molar-refractivity contribution >= 4 is 5.91 Å². The molecule has 0 aromatic rings. The van der Waals surface area contributed by atoms with Crippen molar-refractivity contribution in [2.75, 3.05) is 13.1 Å². The third-order valence-electron chi connectivity index (χ3n) is 2.29. The van der Waals surface area contributed by atoms with E-state index in [1.807, 2.05) is 32.6 Å². The van der Waals surface area contributed by atoms with Crippen LogP contribution in [-0.2, 0) is 4.79 Å². The monoisotopic (exact) mass is 215 g/mol. The SMILES string of the molecule is C.CCN(CCC(C)C)C(=O)C(C)(C)C. The summed E-state index contributed by atoms with van der Waals surface area (Å²) in [5, 5.41) is 0. The van der Waals surface area contributed by atoms with Crippen LogP contribution in [0.5, 0.6) is 0 Å². The van der Waals surface area contributed by atoms with E-state index in [9.17, 15) is 4.79 Å². The molecule has 0 N–H and O–H groups in total. The van der Waals surface area contributed by atoms with E-state index in [-0.39, 0.29) is 18.7 Å². The van der Waals surface area contributed by atoms with Crippen LogP contribution in [0.3, 0.4) is 0 Å². The van der Waals surface area contributed by atoms with E-state index in [4.69, 9.17) is 0 Å². The fourth-order valence-electron chi connectivity index (χ4n) is 1.29. The van der Waals surface area contributed by atoms with Crippen molar-refractivity contribution < 1.29 is 4.79 Å². The summed E-state index contributed by atoms with van der Waals surface area (Å²) in [7, 11) is 0. The largest absolute Gasteiger partial charge is 0.343 e. The smallest absolute Gasteiger partial charge is 0.227 e. The van der Waals surface area contributed by atoms with E-state index in [1.165, 1.54) is 0 Å². The number of amides is 1. The highest BCUT2D eigenvalue weighted by Crippen LogP contribution is 2.17. The molecule has 92 valence electrons. The Morgan fingerprint density at radius 2 is 1.73 bits per heavy atom. The number of carbonyl (C=O) groups is 1. The van der Waals surface area contributed by atoms with Crippen molar-refractivity contribution in [3.8, 4) is 0 Å². The fraction of sp³-hybridized carbons (Fsp3) is 0.923. The van der Waals surface area contributed by atoms with Gasteiger partial charge in [-0.3, -0.25) is 4.79 Å². The maximum absolute atomic E-state index is 11.9. The van der Waals surface area contributed by atoms with Crippen molar-refractivity contribution in [1.29, 1.82) is 0 Å². The Bertz CT molecular complexity index is 179. The van der Waals surface area contributed by atoms with Gasteiger partial charge in [-0.2, -0.15) is 0 Å². The first-order chi connectivity index (χ1) is 6.29. The Hall–Kier alpha value is -0.530. The molecule has 2 heteroatoms. The topological polar surface area (TPSA) is 20.3 Å². The summed E-state index contributed by atoms with van der Waals surface area (Å²) >= 11 is 0. The Labute approximate surface area is 96.0 Å². The summed E-state index contributed by atoms with van der Waals surface area (Å²) in [6, 6.07) is 0. The van der Waals surface area contributed by atoms with Crippen molar-refractivity contribution in [2.45, 2.75) is 55.4 Å². The molecule has 0 aliphatic carbocycles. The van der Waals surface area contributed by atoms with E-state index >= 15 is 0 Å². The number of hydrogen-bond acceptors (Lipinski definition) is 1. The molecule has 0 radical (unpaired) electrons. The standard InChI is InChI=1S/C12H25NO.CH4/c1-7-13(9-8-10(2)3)11(14)12(4,5)6;/h10H,7-9H2,1-6H3;1H4. The molecule has 0 aromatic heterocycles. The lowest BCUT2D eigenvalue weighted by Gasteiger charge is -2.29. The van der Waals surface area contributed by atoms with Crippen LogP contribution in [0.15, 0.2) is 0 Å². The van der Waals surface area contributed by atoms with Crippen LogP contribution in [0, 0.1) is 11.3 Å². The maximum Gasteiger partial charge on any atom is 0.227 e. The van der Waals surface area contributed by atoms with E-state index in [0.29, 0.717) is 5.92 Å². The Balaban J connectivity index is 0. The van der Waals surface area contributed by atoms with Crippen LogP contribution in [0.2, 0.25) is 0 Å². The van der Waals surface area contributed by atoms with Gasteiger partial charge in [0.15, 0.2) is 0 Å². The minimum atomic E-state index is -0.243. The second-order valence-corrected chi connectivity index (χ2v) is 5.32. The summed E-state index contributed by atoms with van der Waals surface area (Å²) in [4.78, 5) is 13.9. The number of rotatable bonds is 4. The molecule has 0 heterocycles. The van der Waals surface area contributed by atoms with E-state index in [1.54, 1.807) is 0 Å². The average Bonchev–Trinajstić information content (AvgIpc) is 2.03. The zero-order chi connectivity index (χ0) is 11.4. The lowest BCUT2D eigenvalue weighted by molar-refractivity contribution is -0.139. The van der Waals surface area contributed by atoms with Crippen molar-refractivity contribution in [2.24, 2.45) is 11.3 Å². The van der Waals surface area contributed by atoms with Crippen LogP contribution in [0.4, 0.5) is 0 Å². The minimum absolute atomic E-state index is 0. The van der Waals surface area contributed by atoms with Gasteiger partial charge in [-0.1, -0.05) is 42.0 Å². The lowest BCUT2D eigenvalue weighted by Crippen LogP contribution is -2.40. The zero-order valence-electron chi connectivity index (χ0n) is 10.6. The second kappa shape index (κ2) is 6.86. The molecule has 0 bridgehead atoms. The zero-order valence-corrected chi connectivity index (χ0v) is 10.6. The highest BCUT2D eigenvalue weighted by molar-refractivity contribution is 5.81. The summed E-state index contributed by atoms with van der Waals surface area (Å²) in [6.45, 7) is 14.1. The fourth-order valence-corrected chi connectivity index (χ4v) is 1.29. The molecule has 0 saturated carbocycles. The molecule has 0 fully saturated rings. The summed E-state index contributed by atoms with van der Waals surface area (Å²) < 4.78 is 0. The Morgan fingerprint density at radius 3 is 2.00 bits per heavy atom. The number of carbonyl (C=O) groups excluding carboxylic acids is 1. The summed E-state index contributed by atoms with van der Waals surface area (Å²) in [6.07, 6.45) is 1.09. The van der Waals surface area contributed by atoms with Crippen molar-refractivity contribution in [1.82, 2.24) is 4.90 Å². The number of nitrogens with zero attached hydrogens (tertiary/aromatic N) is 1. The van der Waals surface area contributed by atoms with Crippen molar-refractivity contribution in [3.05, 3.63) is 0 Å². The highest BCUT2D eigenvalue weighted by atomic mass is 16.2. The van der Waals surface area contributed by atoms with Gasteiger partial charge >= 0.3 is 0 Å². The molecule has 15 heavy (non-hydrogen) atoms. The number of hydrogen-bond donors (Lipinski definition) is 0. The molecule has 0 aliphatic heterocycles. The lowest BCUT2D eigenvalue weighted by atomic mass is 9.94. The molecule has 0 rings (SSSR count). The molecule has 1 amide bonds. The predicted molar refractivity (Wildman–Crippen MR) is 67.9 cm³/mol. The third-order valence-corrected chi connectivity index (χ3v) is 2.29. The quantitative estimate of drug-likeness (QED) is 0.702. The van der Waals surface area contributed by atoms with Crippen molar-refractivity contribution in [3.63, 3.8) is 0 Å². The Morgan fingerprint density at radius 1 is 1.27 bits per heavy atom. The minimum Gasteiger partial charge on any atom is -0.343 e. The molecule has 0 aromatic carbocycles. The van der Waals surface area contributed by atoms with Crippen LogP contribution >= 0.6 is 0 Å². The van der Waals surface area contributed by atoms with Gasteiger partial charge in [-0.05, 0) is 19.3 Å². The first-order valence-corrected chi connectivity index (χ1v) is 5.58. The second-order valence-electron chi connectivity index (χ2n) is 5.32. The van der Waals surface area contributed by atoms with Gasteiger partial charge in [0.1, 0.15) is 0 Å². The Kier molecular flexibility index (Phi) is 7.72. The summed E-state index contributed by atoms with van der Waals surface area (Å²) in [5.41, 5.74) is -0.243. The molecule has 0 aliphatic rings. The molecular formula is C13H29NO. The first kappa shape index (κ1) is 16.9. The molecule has 2 nitrogen and oxygen atoms in total. The normalized spacial score (nSPS) is 11.1. The van der Waals surface area contributed by atoms with Crippen LogP contribution in [-0.4, -0.2) is 23.9 Å². The molecule has 0 saturated heterocycles. The van der Waals surface area contributed by atoms with Gasteiger partial charge in [-0.25, -0.2) is 0 Å². The van der Waals surface area contributed by atoms with Crippen LogP contribution in [0.1, 0.15) is 55.4 Å². The van der Waals surface area contributed by atoms with Crippen LogP contribution < -0.4 is 0 Å². The van der Waals surface area contributed by atoms with Crippen LogP contribution in [0.25, 0.3) is 0 Å². The van der Waals surface area contributed by atoms with E-state index < -0.39 is 0 Å². The van der Waals surface area contributed by atoms with Gasteiger partial charge in [0, 0.05) is 18.5 Å². The molecule has 0 spiro atoms. The predicted octanol–water partition coefficient (Wildman–Crippen LogP) is 3.56. The van der Waals surface area contributed by atoms with Gasteiger partial charge in [0.25, 0.3) is 0 Å². The highest BCUT2D eigenvalue weighted by Gasteiger charge is 2.25. The maximum atomic E-state index is 11.9. The average molecular weight is 215 g/mol. The van der Waals surface area contributed by atoms with E-state index in [0.717, 1.165) is 19.5 Å². The molecule has 0 atom stereocenters. The third kappa shape index (κ3) is 6.53. The van der Waals surface area contributed by atoms with E-state index in [2.05, 4.69) is 13.8 Å². The summed E-state index contributed by atoms with van der Waals surface area (Å²) in [5.74, 6) is 0.928. The van der Waals surface area contributed by atoms with Gasteiger partial charge in [-0.15, -0.1) is 0 Å². The van der Waals surface area contributed by atoms with Gasteiger partial charge in [0.05, 0.1) is 0 Å². The van der Waals surface area contributed by atoms with Gasteiger partial charge < -0.3 is 4.90 Å². The van der Waals surface area contributed by atoms with Gasteiger partial charge in [0.2, 0.25) is 5.91 Å². The molecule has 0 unspecified atom stereocenters. The first-order valence-electron chi connectivity index (χ1n) is 5.58.